The van der Waals surface area contributed by atoms with Gasteiger partial charge in [0.15, 0.2) is 5.75 Å². The van der Waals surface area contributed by atoms with Gasteiger partial charge >= 0.3 is 0 Å². The van der Waals surface area contributed by atoms with Crippen molar-refractivity contribution in [1.29, 1.82) is 0 Å². The number of aromatic nitrogens is 2. The van der Waals surface area contributed by atoms with E-state index in [0.717, 1.165) is 11.8 Å². The standard InChI is InChI=1S/C33H38N6O7S/c1-33(2,3)23-16-25(29(45-5)26(17-23)37-47(6,43)44)36-31(41)27-15-20-8-7-9-24(28(20)38(27)4)35-30(40)21-14-22(19-34-18-21)32(42)39-10-12-46-13-11-39/h7-9,14-19,37H,10-13H2,1-6H3,(H,35,40)(H,36,41). The lowest BCUT2D eigenvalue weighted by Crippen LogP contribution is -2.40. The van der Waals surface area contributed by atoms with Crippen molar-refractivity contribution < 1.29 is 32.3 Å². The van der Waals surface area contributed by atoms with E-state index in [1.165, 1.54) is 25.6 Å². The summed E-state index contributed by atoms with van der Waals surface area (Å²) in [5, 5.41) is 6.48. The largest absolute Gasteiger partial charge is 0.492 e. The molecule has 14 heteroatoms. The fraction of sp³-hybridized carbons (Fsp3) is 0.333. The third-order valence-electron chi connectivity index (χ3n) is 7.79. The highest BCUT2D eigenvalue weighted by Gasteiger charge is 2.25. The summed E-state index contributed by atoms with van der Waals surface area (Å²) in [7, 11) is -0.552. The number of methoxy groups -OCH3 is 1. The molecule has 1 aliphatic heterocycles. The van der Waals surface area contributed by atoms with Crippen molar-refractivity contribution in [2.45, 2.75) is 26.2 Å². The van der Waals surface area contributed by atoms with Gasteiger partial charge in [0.2, 0.25) is 10.0 Å². The molecule has 1 saturated heterocycles. The molecule has 248 valence electrons. The van der Waals surface area contributed by atoms with E-state index >= 15 is 0 Å². The number of nitrogens with zero attached hydrogens (tertiary/aromatic N) is 3. The Morgan fingerprint density at radius 2 is 1.57 bits per heavy atom. The molecule has 3 N–H and O–H groups in total. The van der Waals surface area contributed by atoms with E-state index in [-0.39, 0.29) is 39.7 Å². The number of anilines is 3. The summed E-state index contributed by atoms with van der Waals surface area (Å²) in [6.45, 7) is 7.76. The van der Waals surface area contributed by atoms with Crippen LogP contribution in [0.2, 0.25) is 0 Å². The molecule has 2 aromatic carbocycles. The molecule has 1 fully saturated rings. The zero-order valence-corrected chi connectivity index (χ0v) is 27.9. The molecule has 0 radical (unpaired) electrons. The Kier molecular flexibility index (Phi) is 9.27. The van der Waals surface area contributed by atoms with Crippen molar-refractivity contribution >= 4 is 55.7 Å². The third-order valence-corrected chi connectivity index (χ3v) is 8.38. The summed E-state index contributed by atoms with van der Waals surface area (Å²) in [5.41, 5.74) is 2.71. The van der Waals surface area contributed by atoms with Crippen LogP contribution >= 0.6 is 0 Å². The van der Waals surface area contributed by atoms with Gasteiger partial charge in [-0.2, -0.15) is 0 Å². The number of ether oxygens (including phenoxy) is 2. The van der Waals surface area contributed by atoms with Gasteiger partial charge in [0, 0.05) is 37.9 Å². The maximum absolute atomic E-state index is 13.8. The predicted octanol–water partition coefficient (Wildman–Crippen LogP) is 4.23. The Morgan fingerprint density at radius 3 is 2.23 bits per heavy atom. The van der Waals surface area contributed by atoms with Gasteiger partial charge in [-0.05, 0) is 41.3 Å². The average Bonchev–Trinajstić information content (AvgIpc) is 3.37. The molecule has 0 atom stereocenters. The number of aryl methyl sites for hydroxylation is 1. The first-order chi connectivity index (χ1) is 22.2. The SMILES string of the molecule is COc1c(NC(=O)c2cc3cccc(NC(=O)c4cncc(C(=O)N5CCOCC5)c4)c3n2C)cc(C(C)(C)C)cc1NS(C)(=O)=O. The van der Waals surface area contributed by atoms with Crippen LogP contribution in [0.3, 0.4) is 0 Å². The van der Waals surface area contributed by atoms with Gasteiger partial charge in [-0.25, -0.2) is 8.42 Å². The van der Waals surface area contributed by atoms with Gasteiger partial charge in [0.25, 0.3) is 17.7 Å². The minimum atomic E-state index is -3.65. The van der Waals surface area contributed by atoms with E-state index in [4.69, 9.17) is 9.47 Å². The van der Waals surface area contributed by atoms with Crippen LogP contribution in [-0.2, 0) is 27.2 Å². The molecular formula is C33H38N6O7S. The molecule has 0 aliphatic carbocycles. The number of amides is 3. The van der Waals surface area contributed by atoms with Crippen molar-refractivity contribution in [2.24, 2.45) is 7.05 Å². The number of fused-ring (bicyclic) bond motifs is 1. The second kappa shape index (κ2) is 13.0. The molecule has 1 aliphatic rings. The van der Waals surface area contributed by atoms with Crippen LogP contribution in [0.25, 0.3) is 10.9 Å². The maximum Gasteiger partial charge on any atom is 0.272 e. The maximum atomic E-state index is 13.8. The molecule has 0 bridgehead atoms. The molecule has 47 heavy (non-hydrogen) atoms. The number of pyridine rings is 1. The molecule has 3 heterocycles. The number of sulfonamides is 1. The number of rotatable bonds is 8. The predicted molar refractivity (Wildman–Crippen MR) is 180 cm³/mol. The van der Waals surface area contributed by atoms with Crippen LogP contribution in [-0.4, -0.2) is 80.3 Å². The van der Waals surface area contributed by atoms with E-state index in [2.05, 4.69) is 20.3 Å². The molecule has 3 amide bonds. The number of nitrogens with one attached hydrogen (secondary N) is 3. The van der Waals surface area contributed by atoms with Crippen molar-refractivity contribution in [1.82, 2.24) is 14.5 Å². The van der Waals surface area contributed by atoms with Crippen LogP contribution in [0.4, 0.5) is 17.1 Å². The first kappa shape index (κ1) is 33.4. The lowest BCUT2D eigenvalue weighted by molar-refractivity contribution is 0.0302. The normalized spacial score (nSPS) is 13.7. The van der Waals surface area contributed by atoms with Crippen molar-refractivity contribution in [3.63, 3.8) is 0 Å². The topological polar surface area (TPSA) is 161 Å². The molecule has 2 aromatic heterocycles. The Bertz CT molecular complexity index is 1980. The van der Waals surface area contributed by atoms with Gasteiger partial charge in [-0.3, -0.25) is 24.1 Å². The van der Waals surface area contributed by atoms with Gasteiger partial charge in [-0.15, -0.1) is 0 Å². The Morgan fingerprint density at radius 1 is 0.915 bits per heavy atom. The number of hydrogen-bond donors (Lipinski definition) is 3. The van der Waals surface area contributed by atoms with Crippen LogP contribution in [0.5, 0.6) is 5.75 Å². The highest BCUT2D eigenvalue weighted by molar-refractivity contribution is 7.92. The second-order valence-corrected chi connectivity index (χ2v) is 14.1. The summed E-state index contributed by atoms with van der Waals surface area (Å²) >= 11 is 0. The van der Waals surface area contributed by atoms with E-state index < -0.39 is 21.8 Å². The highest BCUT2D eigenvalue weighted by Crippen LogP contribution is 2.39. The van der Waals surface area contributed by atoms with Crippen LogP contribution in [0.15, 0.2) is 54.9 Å². The van der Waals surface area contributed by atoms with Crippen LogP contribution < -0.4 is 20.1 Å². The van der Waals surface area contributed by atoms with E-state index in [1.807, 2.05) is 26.8 Å². The minimum Gasteiger partial charge on any atom is -0.492 e. The average molecular weight is 663 g/mol. The van der Waals surface area contributed by atoms with Crippen LogP contribution in [0.1, 0.15) is 57.5 Å². The summed E-state index contributed by atoms with van der Waals surface area (Å²) in [6.07, 6.45) is 3.86. The molecule has 13 nitrogen and oxygen atoms in total. The molecule has 0 spiro atoms. The van der Waals surface area contributed by atoms with Crippen molar-refractivity contribution in [3.05, 3.63) is 77.2 Å². The van der Waals surface area contributed by atoms with Gasteiger partial charge < -0.3 is 29.6 Å². The van der Waals surface area contributed by atoms with Gasteiger partial charge in [0.05, 0.1) is 60.3 Å². The first-order valence-corrected chi connectivity index (χ1v) is 16.8. The number of hydrogen-bond acceptors (Lipinski definition) is 8. The summed E-state index contributed by atoms with van der Waals surface area (Å²) in [4.78, 5) is 45.9. The lowest BCUT2D eigenvalue weighted by Gasteiger charge is -2.26. The van der Waals surface area contributed by atoms with Gasteiger partial charge in [0.1, 0.15) is 5.69 Å². The van der Waals surface area contributed by atoms with Crippen molar-refractivity contribution in [2.75, 3.05) is 55.0 Å². The highest BCUT2D eigenvalue weighted by atomic mass is 32.2. The van der Waals surface area contributed by atoms with Crippen LogP contribution in [0, 0.1) is 0 Å². The molecule has 4 aromatic rings. The summed E-state index contributed by atoms with van der Waals surface area (Å²) in [6, 6.07) is 11.9. The fourth-order valence-electron chi connectivity index (χ4n) is 5.40. The molecule has 0 saturated carbocycles. The Balaban J connectivity index is 1.44. The summed E-state index contributed by atoms with van der Waals surface area (Å²) < 4.78 is 39.3. The number of benzene rings is 2. The second-order valence-electron chi connectivity index (χ2n) is 12.3. The third kappa shape index (κ3) is 7.39. The minimum absolute atomic E-state index is 0.159. The molecule has 0 unspecified atom stereocenters. The zero-order chi connectivity index (χ0) is 34.1. The number of para-hydroxylation sites is 1. The van der Waals surface area contributed by atoms with E-state index in [0.29, 0.717) is 48.5 Å². The smallest absolute Gasteiger partial charge is 0.272 e. The zero-order valence-electron chi connectivity index (χ0n) is 27.1. The van der Waals surface area contributed by atoms with E-state index in [9.17, 15) is 22.8 Å². The Labute approximate surface area is 273 Å². The Hall–Kier alpha value is -4.95. The van der Waals surface area contributed by atoms with Gasteiger partial charge in [-0.1, -0.05) is 32.9 Å². The number of carbonyl (C=O) groups is 3. The quantitative estimate of drug-likeness (QED) is 0.253. The first-order valence-electron chi connectivity index (χ1n) is 14.9. The number of morpholine rings is 1. The molecular weight excluding hydrogens is 624 g/mol. The lowest BCUT2D eigenvalue weighted by atomic mass is 9.86. The molecule has 5 rings (SSSR count). The number of carbonyl (C=O) groups excluding carboxylic acids is 3. The summed E-state index contributed by atoms with van der Waals surface area (Å²) in [5.74, 6) is -1.01. The fourth-order valence-corrected chi connectivity index (χ4v) is 5.95. The van der Waals surface area contributed by atoms with Crippen molar-refractivity contribution in [3.8, 4) is 5.75 Å². The van der Waals surface area contributed by atoms with E-state index in [1.54, 1.807) is 46.8 Å². The monoisotopic (exact) mass is 662 g/mol.